The van der Waals surface area contributed by atoms with E-state index in [1.54, 1.807) is 12.7 Å². The number of likely N-dealkylation sites (N-methyl/N-ethyl adjacent to an activating group) is 1. The highest BCUT2D eigenvalue weighted by atomic mass is 16.5. The van der Waals surface area contributed by atoms with E-state index in [-0.39, 0.29) is 0 Å². The third-order valence-electron chi connectivity index (χ3n) is 4.63. The largest absolute Gasteiger partial charge is 0.496 e. The summed E-state index contributed by atoms with van der Waals surface area (Å²) in [4.78, 5) is 0. The van der Waals surface area contributed by atoms with Crippen LogP contribution >= 0.6 is 0 Å². The van der Waals surface area contributed by atoms with Crippen LogP contribution in [0.3, 0.4) is 0 Å². The summed E-state index contributed by atoms with van der Waals surface area (Å²) in [6.07, 6.45) is 3.97. The number of aryl methyl sites for hydroxylation is 1. The van der Waals surface area contributed by atoms with Crippen molar-refractivity contribution in [3.8, 4) is 5.75 Å². The number of methoxy groups -OCH3 is 1. The van der Waals surface area contributed by atoms with E-state index in [0.29, 0.717) is 5.41 Å². The first kappa shape index (κ1) is 13.4. The molecule has 0 heterocycles. The smallest absolute Gasteiger partial charge is 0.122 e. The fourth-order valence-corrected chi connectivity index (χ4v) is 3.53. The van der Waals surface area contributed by atoms with Gasteiger partial charge in [-0.2, -0.15) is 0 Å². The van der Waals surface area contributed by atoms with Crippen molar-refractivity contribution in [3.63, 3.8) is 0 Å². The maximum atomic E-state index is 5.47. The molecule has 0 unspecified atom stereocenters. The Kier molecular flexibility index (Phi) is 3.67. The van der Waals surface area contributed by atoms with E-state index in [1.807, 2.05) is 0 Å². The Morgan fingerprint density at radius 1 is 1.22 bits per heavy atom. The maximum Gasteiger partial charge on any atom is 0.122 e. The third-order valence-corrected chi connectivity index (χ3v) is 4.63. The molecule has 1 aromatic rings. The first-order valence-corrected chi connectivity index (χ1v) is 6.85. The van der Waals surface area contributed by atoms with Crippen molar-refractivity contribution >= 4 is 0 Å². The van der Waals surface area contributed by atoms with Crippen LogP contribution in [-0.4, -0.2) is 20.7 Å². The van der Waals surface area contributed by atoms with Crippen molar-refractivity contribution in [2.45, 2.75) is 45.4 Å². The molecule has 18 heavy (non-hydrogen) atoms. The lowest BCUT2D eigenvalue weighted by molar-refractivity contribution is 0.236. The second kappa shape index (κ2) is 4.93. The molecule has 0 atom stereocenters. The van der Waals surface area contributed by atoms with Gasteiger partial charge in [-0.25, -0.2) is 0 Å². The van der Waals surface area contributed by atoms with Crippen LogP contribution in [0.4, 0.5) is 0 Å². The zero-order valence-electron chi connectivity index (χ0n) is 12.3. The first-order chi connectivity index (χ1) is 8.55. The van der Waals surface area contributed by atoms with Crippen LogP contribution < -0.4 is 10.1 Å². The summed E-state index contributed by atoms with van der Waals surface area (Å²) < 4.78 is 5.47. The van der Waals surface area contributed by atoms with Gasteiger partial charge in [-0.15, -0.1) is 0 Å². The zero-order chi connectivity index (χ0) is 13.3. The minimum atomic E-state index is 0.361. The van der Waals surface area contributed by atoms with Gasteiger partial charge in [-0.3, -0.25) is 0 Å². The van der Waals surface area contributed by atoms with E-state index in [0.717, 1.165) is 12.3 Å². The predicted octanol–water partition coefficient (Wildman–Crippen LogP) is 3.26. The normalized spacial score (nSPS) is 17.4. The van der Waals surface area contributed by atoms with E-state index >= 15 is 0 Å². The van der Waals surface area contributed by atoms with E-state index < -0.39 is 0 Å². The van der Waals surface area contributed by atoms with Crippen molar-refractivity contribution in [2.24, 2.45) is 0 Å². The Balaban J connectivity index is 2.54. The molecule has 1 aliphatic carbocycles. The molecule has 0 radical (unpaired) electrons. The quantitative estimate of drug-likeness (QED) is 0.881. The number of nitrogens with one attached hydrogen (secondary N) is 1. The topological polar surface area (TPSA) is 21.3 Å². The van der Waals surface area contributed by atoms with Crippen LogP contribution in [0.1, 0.15) is 41.5 Å². The van der Waals surface area contributed by atoms with Crippen molar-refractivity contribution < 1.29 is 4.74 Å². The highest BCUT2D eigenvalue weighted by Crippen LogP contribution is 2.47. The van der Waals surface area contributed by atoms with Crippen LogP contribution in [0.5, 0.6) is 5.75 Å². The van der Waals surface area contributed by atoms with Gasteiger partial charge in [0.15, 0.2) is 0 Å². The van der Waals surface area contributed by atoms with Crippen molar-refractivity contribution in [2.75, 3.05) is 20.7 Å². The molecule has 0 aliphatic heterocycles. The minimum Gasteiger partial charge on any atom is -0.496 e. The molecule has 1 saturated carbocycles. The predicted molar refractivity (Wildman–Crippen MR) is 76.7 cm³/mol. The van der Waals surface area contributed by atoms with Gasteiger partial charge in [0.05, 0.1) is 7.11 Å². The number of rotatable bonds is 4. The molecular formula is C16H25NO. The summed E-state index contributed by atoms with van der Waals surface area (Å²) in [5, 5.41) is 3.38. The fraction of sp³-hybridized carbons (Fsp3) is 0.625. The standard InChI is InChI=1S/C16H25NO/c1-11-9-14(18-5)12(2)13(3)15(11)16(10-17-4)7-6-8-16/h9,17H,6-8,10H2,1-5H3. The molecule has 2 heteroatoms. The Bertz CT molecular complexity index is 447. The highest BCUT2D eigenvalue weighted by Gasteiger charge is 2.40. The van der Waals surface area contributed by atoms with Crippen molar-refractivity contribution in [1.82, 2.24) is 5.32 Å². The van der Waals surface area contributed by atoms with Crippen LogP contribution in [-0.2, 0) is 5.41 Å². The Morgan fingerprint density at radius 3 is 2.33 bits per heavy atom. The third kappa shape index (κ3) is 1.93. The first-order valence-electron chi connectivity index (χ1n) is 6.85. The molecule has 1 N–H and O–H groups in total. The zero-order valence-corrected chi connectivity index (χ0v) is 12.3. The summed E-state index contributed by atoms with van der Waals surface area (Å²) >= 11 is 0. The lowest BCUT2D eigenvalue weighted by atomic mass is 9.62. The van der Waals surface area contributed by atoms with Gasteiger partial charge < -0.3 is 10.1 Å². The second-order valence-corrected chi connectivity index (χ2v) is 5.68. The summed E-state index contributed by atoms with van der Waals surface area (Å²) in [5.74, 6) is 1.02. The van der Waals surface area contributed by atoms with Crippen molar-refractivity contribution in [1.29, 1.82) is 0 Å². The van der Waals surface area contributed by atoms with Gasteiger partial charge in [0, 0.05) is 12.0 Å². The van der Waals surface area contributed by atoms with Crippen LogP contribution in [0, 0.1) is 20.8 Å². The van der Waals surface area contributed by atoms with Crippen LogP contribution in [0.2, 0.25) is 0 Å². The van der Waals surface area contributed by atoms with Gasteiger partial charge >= 0.3 is 0 Å². The number of hydrogen-bond donors (Lipinski definition) is 1. The van der Waals surface area contributed by atoms with Gasteiger partial charge in [-0.1, -0.05) is 6.42 Å². The molecule has 0 spiro atoms. The molecule has 0 bridgehead atoms. The van der Waals surface area contributed by atoms with Gasteiger partial charge in [0.25, 0.3) is 0 Å². The Hall–Kier alpha value is -1.02. The molecule has 1 aliphatic rings. The Morgan fingerprint density at radius 2 is 1.89 bits per heavy atom. The van der Waals surface area contributed by atoms with E-state index in [4.69, 9.17) is 4.74 Å². The summed E-state index contributed by atoms with van der Waals surface area (Å²) in [5.41, 5.74) is 6.01. The van der Waals surface area contributed by atoms with E-state index in [9.17, 15) is 0 Å². The lowest BCUT2D eigenvalue weighted by Crippen LogP contribution is -2.44. The number of ether oxygens (including phenoxy) is 1. The summed E-state index contributed by atoms with van der Waals surface area (Å²) in [6, 6.07) is 2.20. The monoisotopic (exact) mass is 247 g/mol. The molecule has 0 amide bonds. The minimum absolute atomic E-state index is 0.361. The lowest BCUT2D eigenvalue weighted by Gasteiger charge is -2.44. The van der Waals surface area contributed by atoms with Gasteiger partial charge in [-0.05, 0) is 69.0 Å². The number of hydrogen-bond acceptors (Lipinski definition) is 2. The number of benzene rings is 1. The highest BCUT2D eigenvalue weighted by molar-refractivity contribution is 5.52. The molecule has 2 nitrogen and oxygen atoms in total. The van der Waals surface area contributed by atoms with Crippen LogP contribution in [0.15, 0.2) is 6.07 Å². The van der Waals surface area contributed by atoms with E-state index in [1.165, 1.54) is 36.0 Å². The molecule has 100 valence electrons. The van der Waals surface area contributed by atoms with Gasteiger partial charge in [0.1, 0.15) is 5.75 Å². The Labute approximate surface area is 111 Å². The second-order valence-electron chi connectivity index (χ2n) is 5.68. The van der Waals surface area contributed by atoms with Gasteiger partial charge in [0.2, 0.25) is 0 Å². The molecule has 2 rings (SSSR count). The fourth-order valence-electron chi connectivity index (χ4n) is 3.53. The van der Waals surface area contributed by atoms with E-state index in [2.05, 4.69) is 39.2 Å². The average Bonchev–Trinajstić information content (AvgIpc) is 2.30. The molecule has 0 aromatic heterocycles. The molecule has 0 saturated heterocycles. The summed E-state index contributed by atoms with van der Waals surface area (Å²) in [7, 11) is 3.81. The van der Waals surface area contributed by atoms with Crippen molar-refractivity contribution in [3.05, 3.63) is 28.3 Å². The molecular weight excluding hydrogens is 222 g/mol. The SMILES string of the molecule is CNCC1(c2c(C)cc(OC)c(C)c2C)CCC1. The summed E-state index contributed by atoms with van der Waals surface area (Å²) in [6.45, 7) is 7.72. The maximum absolute atomic E-state index is 5.47. The molecule has 1 fully saturated rings. The molecule has 1 aromatic carbocycles. The average molecular weight is 247 g/mol. The van der Waals surface area contributed by atoms with Crippen LogP contribution in [0.25, 0.3) is 0 Å².